The molecule has 0 saturated carbocycles. The van der Waals surface area contributed by atoms with E-state index in [9.17, 15) is 4.79 Å². The quantitative estimate of drug-likeness (QED) is 0.414. The molecule has 0 aliphatic carbocycles. The molecule has 5 heterocycles. The van der Waals surface area contributed by atoms with Crippen molar-refractivity contribution in [1.82, 2.24) is 29.5 Å². The number of hydrogen-bond donors (Lipinski definition) is 2. The lowest BCUT2D eigenvalue weighted by molar-refractivity contribution is -0.130. The van der Waals surface area contributed by atoms with Crippen LogP contribution in [0.5, 0.6) is 0 Å². The molecule has 34 heavy (non-hydrogen) atoms. The Morgan fingerprint density at radius 3 is 2.65 bits per heavy atom. The van der Waals surface area contributed by atoms with Gasteiger partial charge in [-0.1, -0.05) is 6.07 Å². The molecule has 10 heteroatoms. The molecule has 4 aromatic heterocycles. The Bertz CT molecular complexity index is 1310. The highest BCUT2D eigenvalue weighted by Gasteiger charge is 2.28. The van der Waals surface area contributed by atoms with E-state index in [1.54, 1.807) is 12.4 Å². The summed E-state index contributed by atoms with van der Waals surface area (Å²) in [4.78, 5) is 27.7. The summed E-state index contributed by atoms with van der Waals surface area (Å²) in [6, 6.07) is 7.90. The fourth-order valence-electron chi connectivity index (χ4n) is 4.45. The van der Waals surface area contributed by atoms with Gasteiger partial charge in [-0.15, -0.1) is 0 Å². The van der Waals surface area contributed by atoms with E-state index in [0.717, 1.165) is 56.9 Å². The number of hydrogen-bond acceptors (Lipinski definition) is 7. The molecule has 174 valence electrons. The number of nitrogens with one attached hydrogen (secondary N) is 1. The second kappa shape index (κ2) is 9.47. The number of nitrogens with zero attached hydrogens (tertiary/aromatic N) is 6. The molecule has 4 aromatic rings. The molecular weight excluding hydrogens is 496 g/mol. The first-order valence-electron chi connectivity index (χ1n) is 11.2. The van der Waals surface area contributed by atoms with E-state index in [0.29, 0.717) is 13.1 Å². The van der Waals surface area contributed by atoms with Gasteiger partial charge in [0.05, 0.1) is 28.6 Å². The molecule has 0 atom stereocenters. The first-order chi connectivity index (χ1) is 16.6. The zero-order valence-electron chi connectivity index (χ0n) is 18.8. The predicted molar refractivity (Wildman–Crippen MR) is 134 cm³/mol. The molecule has 1 amide bonds. The summed E-state index contributed by atoms with van der Waals surface area (Å²) in [6.07, 6.45) is 8.89. The lowest BCUT2D eigenvalue weighted by atomic mass is 9.93. The van der Waals surface area contributed by atoms with E-state index in [4.69, 9.17) is 10.7 Å². The van der Waals surface area contributed by atoms with E-state index in [-0.39, 0.29) is 18.4 Å². The Morgan fingerprint density at radius 1 is 1.18 bits per heavy atom. The number of anilines is 1. The molecule has 3 N–H and O–H groups in total. The van der Waals surface area contributed by atoms with Crippen LogP contribution in [0, 0.1) is 0 Å². The number of piperidine rings is 1. The summed E-state index contributed by atoms with van der Waals surface area (Å²) in [5.74, 6) is 1.06. The Balaban J connectivity index is 1.51. The molecular formula is C24H25BrN8O. The number of pyridine rings is 2. The number of fused-ring (bicyclic) bond motifs is 1. The highest BCUT2D eigenvalue weighted by atomic mass is 79.9. The lowest BCUT2D eigenvalue weighted by Crippen LogP contribution is -2.41. The van der Waals surface area contributed by atoms with Gasteiger partial charge in [-0.05, 0) is 47.0 Å². The maximum absolute atomic E-state index is 12.0. The van der Waals surface area contributed by atoms with E-state index < -0.39 is 0 Å². The van der Waals surface area contributed by atoms with Crippen molar-refractivity contribution in [3.05, 3.63) is 59.2 Å². The first kappa shape index (κ1) is 22.4. The third-order valence-electron chi connectivity index (χ3n) is 6.29. The van der Waals surface area contributed by atoms with Gasteiger partial charge in [-0.2, -0.15) is 9.61 Å². The number of rotatable bonds is 5. The number of aromatic nitrogens is 5. The van der Waals surface area contributed by atoms with E-state index in [1.807, 2.05) is 53.1 Å². The van der Waals surface area contributed by atoms with Crippen molar-refractivity contribution in [2.75, 3.05) is 32.0 Å². The number of amides is 1. The highest BCUT2D eigenvalue weighted by Crippen LogP contribution is 2.38. The maximum Gasteiger partial charge on any atom is 0.236 e. The van der Waals surface area contributed by atoms with Crippen molar-refractivity contribution in [2.24, 2.45) is 5.73 Å². The maximum atomic E-state index is 12.0. The van der Waals surface area contributed by atoms with Crippen LogP contribution in [0.2, 0.25) is 0 Å². The molecule has 1 fully saturated rings. The number of nitrogens with two attached hydrogens (primary N) is 1. The molecule has 5 rings (SSSR count). The standard InChI is InChI=1S/C24H25BrN8O/c1-27-24-21(25)22(15-6-9-32(10-7-15)20(34)11-26)31-23-18(14-30-33(23)24)16-4-5-19(29-13-16)17-3-2-8-28-12-17/h2-5,8,12-15,27H,6-7,9-11,26H2,1H3. The van der Waals surface area contributed by atoms with Gasteiger partial charge in [0.15, 0.2) is 5.65 Å². The van der Waals surface area contributed by atoms with E-state index in [2.05, 4.69) is 36.3 Å². The van der Waals surface area contributed by atoms with Gasteiger partial charge in [-0.25, -0.2) is 4.98 Å². The summed E-state index contributed by atoms with van der Waals surface area (Å²) in [7, 11) is 1.87. The Morgan fingerprint density at radius 2 is 2.00 bits per heavy atom. The number of carbonyl (C=O) groups is 1. The van der Waals surface area contributed by atoms with Crippen molar-refractivity contribution < 1.29 is 4.79 Å². The van der Waals surface area contributed by atoms with Crippen LogP contribution in [0.1, 0.15) is 24.5 Å². The molecule has 0 spiro atoms. The second-order valence-corrected chi connectivity index (χ2v) is 9.03. The summed E-state index contributed by atoms with van der Waals surface area (Å²) >= 11 is 3.75. The van der Waals surface area contributed by atoms with Crippen LogP contribution in [0.15, 0.2) is 53.5 Å². The topological polar surface area (TPSA) is 114 Å². The third-order valence-corrected chi connectivity index (χ3v) is 7.07. The monoisotopic (exact) mass is 520 g/mol. The van der Waals surface area contributed by atoms with Gasteiger partial charge in [0, 0.05) is 61.3 Å². The molecule has 0 bridgehead atoms. The average Bonchev–Trinajstić information content (AvgIpc) is 3.32. The number of carbonyl (C=O) groups excluding carboxylic acids is 1. The predicted octanol–water partition coefficient (Wildman–Crippen LogP) is 3.32. The van der Waals surface area contributed by atoms with Crippen LogP contribution < -0.4 is 11.1 Å². The average molecular weight is 521 g/mol. The van der Waals surface area contributed by atoms with E-state index >= 15 is 0 Å². The van der Waals surface area contributed by atoms with Gasteiger partial charge in [0.25, 0.3) is 0 Å². The van der Waals surface area contributed by atoms with Crippen LogP contribution >= 0.6 is 15.9 Å². The molecule has 1 aliphatic heterocycles. The Hall–Kier alpha value is -3.37. The minimum Gasteiger partial charge on any atom is -0.372 e. The van der Waals surface area contributed by atoms with Crippen LogP contribution in [0.4, 0.5) is 5.82 Å². The minimum atomic E-state index is -0.00264. The van der Waals surface area contributed by atoms with Crippen molar-refractivity contribution in [3.8, 4) is 22.4 Å². The Kier molecular flexibility index (Phi) is 6.25. The number of halogens is 1. The summed E-state index contributed by atoms with van der Waals surface area (Å²) in [5, 5.41) is 7.86. The van der Waals surface area contributed by atoms with E-state index in [1.165, 1.54) is 0 Å². The van der Waals surface area contributed by atoms with Gasteiger partial charge in [-0.3, -0.25) is 14.8 Å². The van der Waals surface area contributed by atoms with Gasteiger partial charge in [0.1, 0.15) is 5.82 Å². The molecule has 1 aliphatic rings. The third kappa shape index (κ3) is 4.03. The Labute approximate surface area is 205 Å². The van der Waals surface area contributed by atoms with Crippen LogP contribution in [0.3, 0.4) is 0 Å². The SMILES string of the molecule is CNc1c(Br)c(C2CCN(C(=O)CN)CC2)nc2c(-c3ccc(-c4cccnc4)nc3)cnn12. The summed E-state index contributed by atoms with van der Waals surface area (Å²) in [5.41, 5.74) is 10.9. The number of likely N-dealkylation sites (tertiary alicyclic amines) is 1. The fourth-order valence-corrected chi connectivity index (χ4v) is 5.23. The molecule has 0 radical (unpaired) electrons. The lowest BCUT2D eigenvalue weighted by Gasteiger charge is -2.32. The summed E-state index contributed by atoms with van der Waals surface area (Å²) in [6.45, 7) is 1.41. The molecule has 0 aromatic carbocycles. The van der Waals surface area contributed by atoms with Gasteiger partial charge < -0.3 is 16.0 Å². The second-order valence-electron chi connectivity index (χ2n) is 8.24. The first-order valence-corrected chi connectivity index (χ1v) is 12.0. The van der Waals surface area contributed by atoms with Crippen LogP contribution in [-0.2, 0) is 4.79 Å². The van der Waals surface area contributed by atoms with Crippen molar-refractivity contribution in [2.45, 2.75) is 18.8 Å². The highest BCUT2D eigenvalue weighted by molar-refractivity contribution is 9.10. The summed E-state index contributed by atoms with van der Waals surface area (Å²) < 4.78 is 2.70. The van der Waals surface area contributed by atoms with Crippen LogP contribution in [-0.4, -0.2) is 62.1 Å². The molecule has 0 unspecified atom stereocenters. The zero-order valence-corrected chi connectivity index (χ0v) is 20.4. The zero-order chi connectivity index (χ0) is 23.7. The van der Waals surface area contributed by atoms with Crippen molar-refractivity contribution in [3.63, 3.8) is 0 Å². The fraction of sp³-hybridized carbons (Fsp3) is 0.292. The van der Waals surface area contributed by atoms with Crippen molar-refractivity contribution >= 4 is 33.3 Å². The largest absolute Gasteiger partial charge is 0.372 e. The minimum absolute atomic E-state index is 0.00264. The van der Waals surface area contributed by atoms with Gasteiger partial charge >= 0.3 is 0 Å². The van der Waals surface area contributed by atoms with Crippen LogP contribution in [0.25, 0.3) is 28.0 Å². The normalized spacial score (nSPS) is 14.5. The smallest absolute Gasteiger partial charge is 0.236 e. The van der Waals surface area contributed by atoms with Gasteiger partial charge in [0.2, 0.25) is 5.91 Å². The van der Waals surface area contributed by atoms with Crippen molar-refractivity contribution in [1.29, 1.82) is 0 Å². The molecule has 9 nitrogen and oxygen atoms in total. The molecule has 1 saturated heterocycles.